The molecule has 3 aromatic rings. The number of aromatic hydroxyl groups is 3. The predicted molar refractivity (Wildman–Crippen MR) is 86.0 cm³/mol. The Bertz CT molecular complexity index is 988. The molecule has 0 unspecified atom stereocenters. The molecular formula is C17H14O7. The molecule has 1 aromatic heterocycles. The molecule has 0 saturated carbocycles. The van der Waals surface area contributed by atoms with Gasteiger partial charge in [0.1, 0.15) is 16.9 Å². The summed E-state index contributed by atoms with van der Waals surface area (Å²) in [5.41, 5.74) is -0.832. The zero-order valence-electron chi connectivity index (χ0n) is 12.9. The number of para-hydroxylation sites is 1. The number of hydrogen-bond acceptors (Lipinski definition) is 7. The second kappa shape index (κ2) is 5.69. The summed E-state index contributed by atoms with van der Waals surface area (Å²) < 4.78 is 15.9. The third-order valence-electron chi connectivity index (χ3n) is 3.62. The molecule has 24 heavy (non-hydrogen) atoms. The van der Waals surface area contributed by atoms with E-state index >= 15 is 0 Å². The topological polar surface area (TPSA) is 109 Å². The minimum absolute atomic E-state index is 0.0825. The first-order valence-corrected chi connectivity index (χ1v) is 6.91. The van der Waals surface area contributed by atoms with Crippen molar-refractivity contribution < 1.29 is 29.2 Å². The molecule has 7 heteroatoms. The summed E-state index contributed by atoms with van der Waals surface area (Å²) in [4.78, 5) is 12.5. The Balaban J connectivity index is 2.49. The van der Waals surface area contributed by atoms with Gasteiger partial charge in [-0.15, -0.1) is 0 Å². The van der Waals surface area contributed by atoms with Crippen molar-refractivity contribution in [2.24, 2.45) is 0 Å². The zero-order valence-corrected chi connectivity index (χ0v) is 12.9. The first-order chi connectivity index (χ1) is 11.5. The van der Waals surface area contributed by atoms with Crippen molar-refractivity contribution in [3.63, 3.8) is 0 Å². The molecule has 0 spiro atoms. The third-order valence-corrected chi connectivity index (χ3v) is 3.62. The lowest BCUT2D eigenvalue weighted by Gasteiger charge is -2.13. The second-order valence-corrected chi connectivity index (χ2v) is 4.96. The summed E-state index contributed by atoms with van der Waals surface area (Å²) in [7, 11) is 2.71. The lowest BCUT2D eigenvalue weighted by molar-refractivity contribution is 0.349. The van der Waals surface area contributed by atoms with Gasteiger partial charge in [-0.2, -0.15) is 0 Å². The minimum atomic E-state index is -0.854. The van der Waals surface area contributed by atoms with Gasteiger partial charge in [-0.1, -0.05) is 12.1 Å². The van der Waals surface area contributed by atoms with Crippen LogP contribution in [0.25, 0.3) is 22.3 Å². The first kappa shape index (κ1) is 15.5. The van der Waals surface area contributed by atoms with Crippen molar-refractivity contribution in [2.75, 3.05) is 14.2 Å². The van der Waals surface area contributed by atoms with Crippen LogP contribution in [0.1, 0.15) is 0 Å². The predicted octanol–water partition coefficient (Wildman–Crippen LogP) is 2.59. The van der Waals surface area contributed by atoms with Gasteiger partial charge < -0.3 is 29.2 Å². The number of methoxy groups -OCH3 is 2. The quantitative estimate of drug-likeness (QED) is 0.677. The van der Waals surface area contributed by atoms with E-state index < -0.39 is 16.9 Å². The smallest absolute Gasteiger partial charge is 0.238 e. The highest BCUT2D eigenvalue weighted by Gasteiger charge is 2.24. The maximum Gasteiger partial charge on any atom is 0.238 e. The molecule has 0 atom stereocenters. The zero-order chi connectivity index (χ0) is 17.4. The first-order valence-electron chi connectivity index (χ1n) is 6.91. The summed E-state index contributed by atoms with van der Waals surface area (Å²) >= 11 is 0. The summed E-state index contributed by atoms with van der Waals surface area (Å²) in [6.07, 6.45) is 0. The minimum Gasteiger partial charge on any atom is -0.507 e. The number of benzene rings is 2. The summed E-state index contributed by atoms with van der Waals surface area (Å²) in [6, 6.07) is 7.26. The molecule has 0 saturated heterocycles. The van der Waals surface area contributed by atoms with Gasteiger partial charge in [0.2, 0.25) is 16.9 Å². The van der Waals surface area contributed by atoms with Crippen LogP contribution in [0, 0.1) is 0 Å². The average Bonchev–Trinajstić information content (AvgIpc) is 2.58. The Hall–Kier alpha value is -3.35. The van der Waals surface area contributed by atoms with Crippen LogP contribution in [-0.2, 0) is 0 Å². The standard InChI is InChI=1S/C17H14O7/c1-22-11-7-10(19)12-13(20)14(21)15(24-17(12)16(11)23-2)8-5-3-4-6-9(8)18/h3-7,18-19,21H,1-2H3. The van der Waals surface area contributed by atoms with Gasteiger partial charge in [-0.25, -0.2) is 0 Å². The molecule has 3 N–H and O–H groups in total. The summed E-state index contributed by atoms with van der Waals surface area (Å²) in [5, 5.41) is 30.0. The molecular weight excluding hydrogens is 316 g/mol. The van der Waals surface area contributed by atoms with E-state index in [4.69, 9.17) is 13.9 Å². The van der Waals surface area contributed by atoms with Crippen molar-refractivity contribution in [2.45, 2.75) is 0 Å². The molecule has 0 bridgehead atoms. The Labute approximate surface area is 135 Å². The SMILES string of the molecule is COc1cc(O)c2c(=O)c(O)c(-c3ccccc3O)oc2c1OC. The maximum atomic E-state index is 12.5. The lowest BCUT2D eigenvalue weighted by Crippen LogP contribution is -2.05. The van der Waals surface area contributed by atoms with Gasteiger partial charge in [-0.05, 0) is 12.1 Å². The van der Waals surface area contributed by atoms with Gasteiger partial charge in [0.15, 0.2) is 17.1 Å². The van der Waals surface area contributed by atoms with Gasteiger partial charge in [0.25, 0.3) is 0 Å². The Morgan fingerprint density at radius 3 is 2.33 bits per heavy atom. The van der Waals surface area contributed by atoms with Crippen LogP contribution < -0.4 is 14.9 Å². The molecule has 0 aliphatic rings. The van der Waals surface area contributed by atoms with Crippen LogP contribution in [0.15, 0.2) is 39.5 Å². The highest BCUT2D eigenvalue weighted by atomic mass is 16.5. The Kier molecular flexibility index (Phi) is 3.69. The molecule has 7 nitrogen and oxygen atoms in total. The van der Waals surface area contributed by atoms with Crippen molar-refractivity contribution in [1.29, 1.82) is 0 Å². The molecule has 0 aliphatic heterocycles. The van der Waals surface area contributed by atoms with Crippen molar-refractivity contribution in [3.8, 4) is 40.1 Å². The van der Waals surface area contributed by atoms with Crippen molar-refractivity contribution in [1.82, 2.24) is 0 Å². The van der Waals surface area contributed by atoms with Crippen LogP contribution >= 0.6 is 0 Å². The number of phenolic OH excluding ortho intramolecular Hbond substituents is 2. The van der Waals surface area contributed by atoms with Crippen LogP contribution in [0.4, 0.5) is 0 Å². The lowest BCUT2D eigenvalue weighted by atomic mass is 10.1. The Morgan fingerprint density at radius 1 is 1.00 bits per heavy atom. The highest BCUT2D eigenvalue weighted by Crippen LogP contribution is 2.43. The van der Waals surface area contributed by atoms with Gasteiger partial charge >= 0.3 is 0 Å². The molecule has 0 aliphatic carbocycles. The monoisotopic (exact) mass is 330 g/mol. The van der Waals surface area contributed by atoms with Crippen molar-refractivity contribution >= 4 is 11.0 Å². The molecule has 3 rings (SSSR count). The van der Waals surface area contributed by atoms with E-state index in [1.807, 2.05) is 0 Å². The number of hydrogen-bond donors (Lipinski definition) is 3. The van der Waals surface area contributed by atoms with E-state index in [1.54, 1.807) is 12.1 Å². The highest BCUT2D eigenvalue weighted by molar-refractivity contribution is 5.93. The van der Waals surface area contributed by atoms with Gasteiger partial charge in [-0.3, -0.25) is 4.79 Å². The van der Waals surface area contributed by atoms with Gasteiger partial charge in [0, 0.05) is 6.07 Å². The van der Waals surface area contributed by atoms with Gasteiger partial charge in [0.05, 0.1) is 19.8 Å². The number of rotatable bonds is 3. The van der Waals surface area contributed by atoms with E-state index in [-0.39, 0.29) is 39.5 Å². The maximum absolute atomic E-state index is 12.5. The number of phenols is 2. The molecule has 1 heterocycles. The van der Waals surface area contributed by atoms with E-state index in [0.29, 0.717) is 0 Å². The van der Waals surface area contributed by atoms with Crippen LogP contribution in [0.5, 0.6) is 28.7 Å². The van der Waals surface area contributed by atoms with Crippen LogP contribution in [-0.4, -0.2) is 29.5 Å². The van der Waals surface area contributed by atoms with E-state index in [9.17, 15) is 20.1 Å². The average molecular weight is 330 g/mol. The normalized spacial score (nSPS) is 10.8. The molecule has 2 aromatic carbocycles. The van der Waals surface area contributed by atoms with Crippen molar-refractivity contribution in [3.05, 3.63) is 40.6 Å². The van der Waals surface area contributed by atoms with E-state index in [2.05, 4.69) is 0 Å². The fraction of sp³-hybridized carbons (Fsp3) is 0.118. The largest absolute Gasteiger partial charge is 0.507 e. The summed E-state index contributed by atoms with van der Waals surface area (Å²) in [5.74, 6) is -1.33. The fourth-order valence-electron chi connectivity index (χ4n) is 2.49. The number of fused-ring (bicyclic) bond motifs is 1. The van der Waals surface area contributed by atoms with Crippen LogP contribution in [0.2, 0.25) is 0 Å². The summed E-state index contributed by atoms with van der Waals surface area (Å²) in [6.45, 7) is 0. The van der Waals surface area contributed by atoms with E-state index in [0.717, 1.165) is 0 Å². The third kappa shape index (κ3) is 2.18. The molecule has 0 amide bonds. The molecule has 124 valence electrons. The fourth-order valence-corrected chi connectivity index (χ4v) is 2.49. The molecule has 0 fully saturated rings. The molecule has 0 radical (unpaired) electrons. The second-order valence-electron chi connectivity index (χ2n) is 4.96. The number of ether oxygens (including phenoxy) is 2. The van der Waals surface area contributed by atoms with Crippen LogP contribution in [0.3, 0.4) is 0 Å². The van der Waals surface area contributed by atoms with E-state index in [1.165, 1.54) is 32.4 Å². The Morgan fingerprint density at radius 2 is 1.71 bits per heavy atom.